The molecule has 3 atom stereocenters. The van der Waals surface area contributed by atoms with Gasteiger partial charge in [0.1, 0.15) is 18.7 Å². The molecule has 0 aromatic heterocycles. The molecule has 1 aromatic carbocycles. The van der Waals surface area contributed by atoms with Crippen molar-refractivity contribution in [2.75, 3.05) is 7.11 Å². The molecule has 0 unspecified atom stereocenters. The Balaban J connectivity index is 2.75. The van der Waals surface area contributed by atoms with E-state index in [2.05, 4.69) is 10.6 Å². The fraction of sp³-hybridized carbons (Fsp3) is 0.571. The van der Waals surface area contributed by atoms with E-state index in [0.29, 0.717) is 12.8 Å². The van der Waals surface area contributed by atoms with Gasteiger partial charge in [-0.15, -0.1) is 0 Å². The predicted molar refractivity (Wildman–Crippen MR) is 106 cm³/mol. The molecule has 156 valence electrons. The lowest BCUT2D eigenvalue weighted by molar-refractivity contribution is -0.146. The summed E-state index contributed by atoms with van der Waals surface area (Å²) in [5.41, 5.74) is 0.852. The highest BCUT2D eigenvalue weighted by Gasteiger charge is 2.31. The van der Waals surface area contributed by atoms with E-state index >= 15 is 0 Å². The van der Waals surface area contributed by atoms with Crippen molar-refractivity contribution in [1.29, 1.82) is 0 Å². The van der Waals surface area contributed by atoms with Gasteiger partial charge in [-0.05, 0) is 23.8 Å². The van der Waals surface area contributed by atoms with Gasteiger partial charge in [0.25, 0.3) is 0 Å². The Morgan fingerprint density at radius 2 is 1.68 bits per heavy atom. The third kappa shape index (κ3) is 7.98. The molecule has 1 rings (SSSR count). The maximum atomic E-state index is 12.8. The Hall–Kier alpha value is -2.57. The number of hydrogen-bond donors (Lipinski definition) is 2. The monoisotopic (exact) mass is 392 g/mol. The van der Waals surface area contributed by atoms with E-state index in [9.17, 15) is 14.4 Å². The lowest BCUT2D eigenvalue weighted by Crippen LogP contribution is -2.54. The summed E-state index contributed by atoms with van der Waals surface area (Å²) in [6.07, 6.45) is 0.441. The van der Waals surface area contributed by atoms with Gasteiger partial charge in [0.2, 0.25) is 5.91 Å². The fourth-order valence-corrected chi connectivity index (χ4v) is 2.68. The molecule has 0 aliphatic heterocycles. The van der Waals surface area contributed by atoms with Crippen molar-refractivity contribution < 1.29 is 23.9 Å². The predicted octanol–water partition coefficient (Wildman–Crippen LogP) is 3.03. The minimum absolute atomic E-state index is 0.111. The van der Waals surface area contributed by atoms with Gasteiger partial charge in [-0.2, -0.15) is 0 Å². The zero-order valence-electron chi connectivity index (χ0n) is 17.4. The fourth-order valence-electron chi connectivity index (χ4n) is 2.68. The molecule has 0 aliphatic rings. The van der Waals surface area contributed by atoms with Crippen LogP contribution in [0.1, 0.15) is 46.1 Å². The molecule has 0 saturated carbocycles. The summed E-state index contributed by atoms with van der Waals surface area (Å²) >= 11 is 0. The first-order chi connectivity index (χ1) is 13.3. The number of carbonyl (C=O) groups excluding carboxylic acids is 3. The number of carbonyl (C=O) groups is 3. The quantitative estimate of drug-likeness (QED) is 0.597. The third-order valence-corrected chi connectivity index (χ3v) is 4.49. The summed E-state index contributed by atoms with van der Waals surface area (Å²) in [5.74, 6) is -0.879. The third-order valence-electron chi connectivity index (χ3n) is 4.49. The molecule has 1 aromatic rings. The van der Waals surface area contributed by atoms with Crippen LogP contribution in [0.3, 0.4) is 0 Å². The maximum absolute atomic E-state index is 12.8. The summed E-state index contributed by atoms with van der Waals surface area (Å²) in [4.78, 5) is 37.0. The lowest BCUT2D eigenvalue weighted by atomic mass is 9.97. The van der Waals surface area contributed by atoms with Crippen molar-refractivity contribution >= 4 is 18.0 Å². The van der Waals surface area contributed by atoms with Gasteiger partial charge < -0.3 is 20.1 Å². The molecule has 7 nitrogen and oxygen atoms in total. The van der Waals surface area contributed by atoms with Crippen LogP contribution in [0.2, 0.25) is 0 Å². The number of esters is 1. The average molecular weight is 392 g/mol. The molecule has 0 radical (unpaired) electrons. The Bertz CT molecular complexity index is 633. The van der Waals surface area contributed by atoms with Crippen LogP contribution in [-0.4, -0.2) is 37.2 Å². The first-order valence-electron chi connectivity index (χ1n) is 9.63. The molecule has 0 fully saturated rings. The van der Waals surface area contributed by atoms with Crippen LogP contribution in [0.5, 0.6) is 0 Å². The summed E-state index contributed by atoms with van der Waals surface area (Å²) in [5, 5.41) is 5.34. The topological polar surface area (TPSA) is 93.7 Å². The highest BCUT2D eigenvalue weighted by atomic mass is 16.5. The normalized spacial score (nSPS) is 13.9. The second-order valence-electron chi connectivity index (χ2n) is 7.28. The molecule has 0 bridgehead atoms. The van der Waals surface area contributed by atoms with Crippen LogP contribution in [0.4, 0.5) is 4.79 Å². The largest absolute Gasteiger partial charge is 0.467 e. The molecule has 0 spiro atoms. The number of ether oxygens (including phenoxy) is 2. The van der Waals surface area contributed by atoms with Crippen LogP contribution in [0, 0.1) is 11.8 Å². The summed E-state index contributed by atoms with van der Waals surface area (Å²) in [6.45, 7) is 7.80. The molecule has 7 heteroatoms. The van der Waals surface area contributed by atoms with E-state index in [0.717, 1.165) is 5.56 Å². The number of nitrogens with one attached hydrogen (secondary N) is 2. The number of hydrogen-bond acceptors (Lipinski definition) is 5. The van der Waals surface area contributed by atoms with Gasteiger partial charge in [0.15, 0.2) is 0 Å². The van der Waals surface area contributed by atoms with E-state index in [1.807, 2.05) is 58.0 Å². The van der Waals surface area contributed by atoms with Crippen molar-refractivity contribution in [1.82, 2.24) is 10.6 Å². The SMILES string of the molecule is CC[C@H](C)[C@@H](NC(=O)OCc1ccccc1)C(=O)N[C@H](CC(C)C)C(=O)OC. The zero-order valence-corrected chi connectivity index (χ0v) is 17.4. The van der Waals surface area contributed by atoms with Gasteiger partial charge in [-0.25, -0.2) is 9.59 Å². The maximum Gasteiger partial charge on any atom is 0.408 e. The number of alkyl carbamates (subject to hydrolysis) is 1. The minimum atomic E-state index is -0.812. The Labute approximate surface area is 167 Å². The van der Waals surface area contributed by atoms with E-state index in [4.69, 9.17) is 9.47 Å². The Morgan fingerprint density at radius 3 is 2.21 bits per heavy atom. The van der Waals surface area contributed by atoms with Gasteiger partial charge in [0, 0.05) is 0 Å². The summed E-state index contributed by atoms with van der Waals surface area (Å²) in [7, 11) is 1.28. The molecule has 0 saturated heterocycles. The molecular formula is C21H32N2O5. The molecule has 2 amide bonds. The van der Waals surface area contributed by atoms with Crippen molar-refractivity contribution in [2.45, 2.75) is 59.2 Å². The smallest absolute Gasteiger partial charge is 0.408 e. The van der Waals surface area contributed by atoms with Crippen molar-refractivity contribution in [3.05, 3.63) is 35.9 Å². The number of benzene rings is 1. The zero-order chi connectivity index (χ0) is 21.1. The van der Waals surface area contributed by atoms with Crippen LogP contribution in [-0.2, 0) is 25.7 Å². The van der Waals surface area contributed by atoms with Crippen molar-refractivity contribution in [3.8, 4) is 0 Å². The van der Waals surface area contributed by atoms with Crippen molar-refractivity contribution in [3.63, 3.8) is 0 Å². The first-order valence-corrected chi connectivity index (χ1v) is 9.63. The van der Waals surface area contributed by atoms with Gasteiger partial charge in [-0.1, -0.05) is 64.4 Å². The van der Waals surface area contributed by atoms with E-state index < -0.39 is 30.1 Å². The molecule has 0 heterocycles. The molecular weight excluding hydrogens is 360 g/mol. The van der Waals surface area contributed by atoms with Crippen LogP contribution in [0.25, 0.3) is 0 Å². The molecule has 2 N–H and O–H groups in total. The number of methoxy groups -OCH3 is 1. The number of amides is 2. The standard InChI is InChI=1S/C21H32N2O5/c1-6-15(4)18(19(24)22-17(12-14(2)3)20(25)27-5)23-21(26)28-13-16-10-8-7-9-11-16/h7-11,14-15,17-18H,6,12-13H2,1-5H3,(H,22,24)(H,23,26)/t15-,17+,18+/m0/s1. The average Bonchev–Trinajstić information content (AvgIpc) is 2.69. The highest BCUT2D eigenvalue weighted by Crippen LogP contribution is 2.12. The van der Waals surface area contributed by atoms with Gasteiger partial charge >= 0.3 is 12.1 Å². The Morgan fingerprint density at radius 1 is 1.04 bits per heavy atom. The summed E-state index contributed by atoms with van der Waals surface area (Å²) in [6, 6.07) is 7.71. The Kier molecular flexibility index (Phi) is 10.1. The van der Waals surface area contributed by atoms with Crippen LogP contribution < -0.4 is 10.6 Å². The van der Waals surface area contributed by atoms with E-state index in [1.165, 1.54) is 7.11 Å². The van der Waals surface area contributed by atoms with E-state index in [1.54, 1.807) is 0 Å². The summed E-state index contributed by atoms with van der Waals surface area (Å²) < 4.78 is 10.0. The second kappa shape index (κ2) is 12.0. The van der Waals surface area contributed by atoms with Crippen molar-refractivity contribution in [2.24, 2.45) is 11.8 Å². The van der Waals surface area contributed by atoms with Gasteiger partial charge in [-0.3, -0.25) is 4.79 Å². The van der Waals surface area contributed by atoms with Crippen LogP contribution in [0.15, 0.2) is 30.3 Å². The highest BCUT2D eigenvalue weighted by molar-refractivity contribution is 5.89. The van der Waals surface area contributed by atoms with Crippen LogP contribution >= 0.6 is 0 Å². The second-order valence-corrected chi connectivity index (χ2v) is 7.28. The lowest BCUT2D eigenvalue weighted by Gasteiger charge is -2.26. The molecule has 28 heavy (non-hydrogen) atoms. The minimum Gasteiger partial charge on any atom is -0.467 e. The van der Waals surface area contributed by atoms with E-state index in [-0.39, 0.29) is 18.4 Å². The van der Waals surface area contributed by atoms with Gasteiger partial charge in [0.05, 0.1) is 7.11 Å². The molecule has 0 aliphatic carbocycles. The first kappa shape index (κ1) is 23.5. The number of rotatable bonds is 10.